The van der Waals surface area contributed by atoms with Crippen molar-refractivity contribution in [2.75, 3.05) is 0 Å². The van der Waals surface area contributed by atoms with E-state index in [1.807, 2.05) is 24.3 Å². The Morgan fingerprint density at radius 2 is 1.80 bits per heavy atom. The van der Waals surface area contributed by atoms with Gasteiger partial charge in [0, 0.05) is 10.6 Å². The summed E-state index contributed by atoms with van der Waals surface area (Å²) in [6.45, 7) is 1.67. The molecule has 30 heavy (non-hydrogen) atoms. The van der Waals surface area contributed by atoms with Gasteiger partial charge in [-0.15, -0.1) is 0 Å². The molecule has 0 bridgehead atoms. The summed E-state index contributed by atoms with van der Waals surface area (Å²) in [5, 5.41) is 3.80. The van der Waals surface area contributed by atoms with Crippen LogP contribution in [-0.2, 0) is 14.8 Å². The van der Waals surface area contributed by atoms with Gasteiger partial charge in [-0.1, -0.05) is 48.7 Å². The van der Waals surface area contributed by atoms with Gasteiger partial charge in [0.1, 0.15) is 11.9 Å². The number of benzene rings is 2. The normalized spacial score (nSPS) is 21.1. The Morgan fingerprint density at radius 3 is 2.50 bits per heavy atom. The van der Waals surface area contributed by atoms with Crippen molar-refractivity contribution in [1.82, 2.24) is 10.0 Å². The second-order valence-corrected chi connectivity index (χ2v) is 9.92. The van der Waals surface area contributed by atoms with E-state index >= 15 is 0 Å². The lowest BCUT2D eigenvalue weighted by Crippen LogP contribution is -2.38. The largest absolute Gasteiger partial charge is 0.347 e. The summed E-state index contributed by atoms with van der Waals surface area (Å²) in [5.74, 6) is 0.329. The Kier molecular flexibility index (Phi) is 5.84. The Morgan fingerprint density at radius 1 is 1.13 bits per heavy atom. The van der Waals surface area contributed by atoms with Crippen LogP contribution in [0, 0.1) is 5.92 Å². The van der Waals surface area contributed by atoms with E-state index in [0.29, 0.717) is 16.5 Å². The van der Waals surface area contributed by atoms with E-state index in [1.165, 1.54) is 6.07 Å². The average Bonchev–Trinajstić information content (AvgIpc) is 3.34. The molecule has 2 aromatic rings. The van der Waals surface area contributed by atoms with Gasteiger partial charge in [0.05, 0.1) is 10.9 Å². The lowest BCUT2D eigenvalue weighted by Gasteiger charge is -2.26. The molecule has 0 saturated heterocycles. The number of halogens is 1. The first-order chi connectivity index (χ1) is 14.3. The van der Waals surface area contributed by atoms with Crippen molar-refractivity contribution >= 4 is 33.4 Å². The summed E-state index contributed by atoms with van der Waals surface area (Å²) in [4.78, 5) is 17.6. The number of rotatable bonds is 5. The molecule has 1 aliphatic carbocycles. The molecule has 0 radical (unpaired) electrons. The van der Waals surface area contributed by atoms with Gasteiger partial charge >= 0.3 is 0 Å². The van der Waals surface area contributed by atoms with Crippen molar-refractivity contribution in [2.24, 2.45) is 10.9 Å². The maximum absolute atomic E-state index is 13.0. The van der Waals surface area contributed by atoms with Crippen molar-refractivity contribution in [3.8, 4) is 0 Å². The molecule has 8 heteroatoms. The minimum Gasteiger partial charge on any atom is -0.347 e. The van der Waals surface area contributed by atoms with Gasteiger partial charge in [-0.2, -0.15) is 0 Å². The summed E-state index contributed by atoms with van der Waals surface area (Å²) in [6, 6.07) is 13.3. The fraction of sp³-hybridized carbons (Fsp3) is 0.364. The van der Waals surface area contributed by atoms with Crippen molar-refractivity contribution < 1.29 is 13.2 Å². The van der Waals surface area contributed by atoms with Crippen molar-refractivity contribution in [2.45, 2.75) is 49.6 Å². The highest BCUT2D eigenvalue weighted by Crippen LogP contribution is 2.36. The Labute approximate surface area is 181 Å². The maximum atomic E-state index is 13.0. The maximum Gasteiger partial charge on any atom is 0.263 e. The molecule has 1 saturated carbocycles. The number of amides is 1. The molecule has 2 N–H and O–H groups in total. The molecule has 0 spiro atoms. The van der Waals surface area contributed by atoms with Gasteiger partial charge < -0.3 is 5.32 Å². The molecular formula is C22H24ClN3O3S. The average molecular weight is 446 g/mol. The summed E-state index contributed by atoms with van der Waals surface area (Å²) >= 11 is 6.03. The first-order valence-corrected chi connectivity index (χ1v) is 12.0. The van der Waals surface area contributed by atoms with Gasteiger partial charge in [-0.05, 0) is 55.5 Å². The smallest absolute Gasteiger partial charge is 0.263 e. The van der Waals surface area contributed by atoms with Crippen LogP contribution in [0.1, 0.15) is 49.8 Å². The van der Waals surface area contributed by atoms with Crippen molar-refractivity contribution in [3.63, 3.8) is 0 Å². The van der Waals surface area contributed by atoms with Gasteiger partial charge in [-0.25, -0.2) is 8.42 Å². The highest BCUT2D eigenvalue weighted by molar-refractivity contribution is 7.90. The molecule has 1 fully saturated rings. The summed E-state index contributed by atoms with van der Waals surface area (Å²) in [7, 11) is -3.63. The predicted molar refractivity (Wildman–Crippen MR) is 117 cm³/mol. The highest BCUT2D eigenvalue weighted by atomic mass is 35.5. The van der Waals surface area contributed by atoms with Crippen LogP contribution in [0.5, 0.6) is 0 Å². The molecule has 1 heterocycles. The fourth-order valence-electron chi connectivity index (χ4n) is 4.19. The molecule has 0 aromatic heterocycles. The van der Waals surface area contributed by atoms with Crippen LogP contribution in [-0.4, -0.2) is 26.2 Å². The second kappa shape index (κ2) is 8.40. The van der Waals surface area contributed by atoms with Crippen LogP contribution in [0.2, 0.25) is 5.02 Å². The van der Waals surface area contributed by atoms with Crippen LogP contribution in [0.25, 0.3) is 0 Å². The Hall–Kier alpha value is -2.38. The van der Waals surface area contributed by atoms with Crippen LogP contribution in [0.15, 0.2) is 58.4 Å². The molecule has 158 valence electrons. The Balaban J connectivity index is 1.56. The number of hydrogen-bond donors (Lipinski definition) is 2. The fourth-order valence-corrected chi connectivity index (χ4v) is 5.56. The third kappa shape index (κ3) is 4.23. The standard InChI is InChI=1S/C22H24ClN3O3S/c1-14(24-21-18-8-4-5-9-19(18)30(28,29)26-21)22(27)25-20(15-6-2-3-7-15)16-10-12-17(23)13-11-16/h4-5,8-15,20H,2-3,6-7H2,1H3,(H,24,26)(H,25,27)/t14-,20?/m0/s1. The highest BCUT2D eigenvalue weighted by Gasteiger charge is 2.32. The Bertz CT molecular complexity index is 1080. The number of aliphatic imine (C=N–C) groups is 1. The van der Waals surface area contributed by atoms with Crippen molar-refractivity contribution in [1.29, 1.82) is 0 Å². The molecule has 6 nitrogen and oxygen atoms in total. The predicted octanol–water partition coefficient (Wildman–Crippen LogP) is 3.81. The number of carbonyl (C=O) groups excluding carboxylic acids is 1. The number of nitrogens with zero attached hydrogens (tertiary/aromatic N) is 1. The summed E-state index contributed by atoms with van der Waals surface area (Å²) in [5.41, 5.74) is 1.51. The molecule has 4 rings (SSSR count). The third-order valence-electron chi connectivity index (χ3n) is 5.76. The number of fused-ring (bicyclic) bond motifs is 1. The van der Waals surface area contributed by atoms with Crippen LogP contribution in [0.3, 0.4) is 0 Å². The minimum atomic E-state index is -3.63. The molecule has 2 atom stereocenters. The number of amidine groups is 1. The second-order valence-electron chi connectivity index (χ2n) is 7.84. The lowest BCUT2D eigenvalue weighted by atomic mass is 9.91. The van der Waals surface area contributed by atoms with E-state index < -0.39 is 16.1 Å². The minimum absolute atomic E-state index is 0.118. The molecule has 1 aliphatic heterocycles. The zero-order valence-corrected chi connectivity index (χ0v) is 18.2. The van der Waals surface area contributed by atoms with Crippen LogP contribution in [0.4, 0.5) is 0 Å². The van der Waals surface area contributed by atoms with Crippen LogP contribution >= 0.6 is 11.6 Å². The number of carbonyl (C=O) groups is 1. The van der Waals surface area contributed by atoms with E-state index in [9.17, 15) is 13.2 Å². The summed E-state index contributed by atoms with van der Waals surface area (Å²) < 4.78 is 27.0. The SMILES string of the molecule is C[C@H](N=C1NS(=O)(=O)c2ccccc21)C(=O)NC(c1ccc(Cl)cc1)C1CCCC1. The van der Waals surface area contributed by atoms with Gasteiger partial charge in [0.25, 0.3) is 10.0 Å². The lowest BCUT2D eigenvalue weighted by molar-refractivity contribution is -0.123. The quantitative estimate of drug-likeness (QED) is 0.733. The van der Waals surface area contributed by atoms with E-state index in [1.54, 1.807) is 25.1 Å². The van der Waals surface area contributed by atoms with Crippen molar-refractivity contribution in [3.05, 3.63) is 64.7 Å². The van der Waals surface area contributed by atoms with E-state index in [0.717, 1.165) is 31.2 Å². The third-order valence-corrected chi connectivity index (χ3v) is 7.41. The zero-order chi connectivity index (χ0) is 21.3. The number of sulfonamides is 1. The topological polar surface area (TPSA) is 87.6 Å². The monoisotopic (exact) mass is 445 g/mol. The molecule has 1 unspecified atom stereocenters. The van der Waals surface area contributed by atoms with E-state index in [2.05, 4.69) is 15.0 Å². The first-order valence-electron chi connectivity index (χ1n) is 10.1. The molecule has 2 aromatic carbocycles. The number of hydrogen-bond acceptors (Lipinski definition) is 4. The van der Waals surface area contributed by atoms with E-state index in [-0.39, 0.29) is 22.7 Å². The summed E-state index contributed by atoms with van der Waals surface area (Å²) in [6.07, 6.45) is 4.43. The molecule has 2 aliphatic rings. The molecule has 1 amide bonds. The zero-order valence-electron chi connectivity index (χ0n) is 16.6. The molecular weight excluding hydrogens is 422 g/mol. The van der Waals surface area contributed by atoms with Gasteiger partial charge in [-0.3, -0.25) is 14.5 Å². The van der Waals surface area contributed by atoms with Crippen LogP contribution < -0.4 is 10.0 Å². The first kappa shape index (κ1) is 20.9. The van der Waals surface area contributed by atoms with Gasteiger partial charge in [0.15, 0.2) is 0 Å². The van der Waals surface area contributed by atoms with Gasteiger partial charge in [0.2, 0.25) is 5.91 Å². The number of nitrogens with one attached hydrogen (secondary N) is 2. The van der Waals surface area contributed by atoms with E-state index in [4.69, 9.17) is 11.6 Å².